The van der Waals surface area contributed by atoms with E-state index in [1.54, 1.807) is 0 Å². The fourth-order valence-corrected chi connectivity index (χ4v) is 3.03. The molecule has 0 bridgehead atoms. The lowest BCUT2D eigenvalue weighted by molar-refractivity contribution is 0.0523. The summed E-state index contributed by atoms with van der Waals surface area (Å²) in [6.07, 6.45) is -0.432. The Kier molecular flexibility index (Phi) is 6.05. The lowest BCUT2D eigenvalue weighted by Crippen LogP contribution is -2.32. The van der Waals surface area contributed by atoms with Crippen molar-refractivity contribution in [2.45, 2.75) is 53.3 Å². The van der Waals surface area contributed by atoms with E-state index in [4.69, 9.17) is 10.5 Å². The Bertz CT molecular complexity index is 1060. The Morgan fingerprint density at radius 3 is 2.30 bits per heavy atom. The molecule has 4 N–H and O–H groups in total. The van der Waals surface area contributed by atoms with Crippen molar-refractivity contribution in [2.24, 2.45) is 0 Å². The number of nitrogens with one attached hydrogen (secondary N) is 2. The van der Waals surface area contributed by atoms with Gasteiger partial charge in [0.15, 0.2) is 5.65 Å². The van der Waals surface area contributed by atoms with E-state index < -0.39 is 11.7 Å². The maximum atomic E-state index is 11.7. The summed E-state index contributed by atoms with van der Waals surface area (Å²) in [6, 6.07) is 9.84. The first-order valence-corrected chi connectivity index (χ1v) is 9.81. The first kappa shape index (κ1) is 21.3. The van der Waals surface area contributed by atoms with E-state index in [0.29, 0.717) is 30.5 Å². The van der Waals surface area contributed by atoms with Crippen LogP contribution < -0.4 is 16.4 Å². The van der Waals surface area contributed by atoms with Gasteiger partial charge in [-0.2, -0.15) is 9.97 Å². The number of carbonyl (C=O) groups excluding carboxylic acids is 1. The molecule has 0 unspecified atom stereocenters. The van der Waals surface area contributed by atoms with Crippen molar-refractivity contribution in [2.75, 3.05) is 11.1 Å². The number of nitrogens with two attached hydrogens (primary N) is 1. The number of pyridine rings is 1. The van der Waals surface area contributed by atoms with Gasteiger partial charge in [0.25, 0.3) is 0 Å². The lowest BCUT2D eigenvalue weighted by Gasteiger charge is -2.19. The van der Waals surface area contributed by atoms with Crippen LogP contribution >= 0.6 is 0 Å². The van der Waals surface area contributed by atoms with Gasteiger partial charge in [-0.05, 0) is 57.4 Å². The minimum atomic E-state index is -0.513. The highest BCUT2D eigenvalue weighted by Gasteiger charge is 2.15. The maximum Gasteiger partial charge on any atom is 0.407 e. The smallest absolute Gasteiger partial charge is 0.407 e. The van der Waals surface area contributed by atoms with Crippen LogP contribution in [0.5, 0.6) is 0 Å². The van der Waals surface area contributed by atoms with Crippen LogP contribution in [0.2, 0.25) is 0 Å². The number of carbonyl (C=O) groups is 1. The number of hydrogen-bond acceptors (Lipinski definition) is 7. The van der Waals surface area contributed by atoms with E-state index >= 15 is 0 Å². The molecule has 0 saturated heterocycles. The second kappa shape index (κ2) is 8.52. The monoisotopic (exact) mass is 408 g/mol. The van der Waals surface area contributed by atoms with Gasteiger partial charge >= 0.3 is 6.09 Å². The molecule has 0 aliphatic rings. The van der Waals surface area contributed by atoms with Crippen LogP contribution in [0, 0.1) is 13.8 Å². The number of aryl methyl sites for hydroxylation is 2. The van der Waals surface area contributed by atoms with Gasteiger partial charge in [0.1, 0.15) is 11.4 Å². The SMILES string of the molecule is Cc1cc(C)c2c(N)nc(NCc3ccc(CNC(=O)OC(C)(C)C)cc3)nc2n1. The number of anilines is 2. The highest BCUT2D eigenvalue weighted by atomic mass is 16.6. The normalized spacial score (nSPS) is 11.4. The molecule has 8 nitrogen and oxygen atoms in total. The summed E-state index contributed by atoms with van der Waals surface area (Å²) < 4.78 is 5.24. The molecule has 0 fully saturated rings. The summed E-state index contributed by atoms with van der Waals surface area (Å²) in [6.45, 7) is 10.3. The third-order valence-electron chi connectivity index (χ3n) is 4.33. The van der Waals surface area contributed by atoms with Gasteiger partial charge in [-0.1, -0.05) is 24.3 Å². The zero-order valence-corrected chi connectivity index (χ0v) is 18.0. The van der Waals surface area contributed by atoms with Gasteiger partial charge in [-0.3, -0.25) is 0 Å². The molecule has 0 spiro atoms. The Morgan fingerprint density at radius 1 is 1.03 bits per heavy atom. The summed E-state index contributed by atoms with van der Waals surface area (Å²) in [4.78, 5) is 25.1. The number of nitrogens with zero attached hydrogens (tertiary/aromatic N) is 3. The molecule has 0 radical (unpaired) electrons. The largest absolute Gasteiger partial charge is 0.444 e. The average Bonchev–Trinajstić information content (AvgIpc) is 2.63. The molecule has 1 aromatic carbocycles. The molecule has 3 rings (SSSR count). The molecule has 3 aromatic rings. The van der Waals surface area contributed by atoms with Crippen LogP contribution in [0.3, 0.4) is 0 Å². The third kappa shape index (κ3) is 5.56. The maximum absolute atomic E-state index is 11.7. The Labute approximate surface area is 176 Å². The van der Waals surface area contributed by atoms with Crippen molar-refractivity contribution in [1.82, 2.24) is 20.3 Å². The molecule has 30 heavy (non-hydrogen) atoms. The summed E-state index contributed by atoms with van der Waals surface area (Å²) in [5.41, 5.74) is 10.1. The minimum absolute atomic E-state index is 0.400. The fraction of sp³-hybridized carbons (Fsp3) is 0.364. The number of rotatable bonds is 5. The van der Waals surface area contributed by atoms with E-state index in [9.17, 15) is 4.79 Å². The number of alkyl carbamates (subject to hydrolysis) is 1. The Morgan fingerprint density at radius 2 is 1.67 bits per heavy atom. The van der Waals surface area contributed by atoms with Gasteiger partial charge in [-0.25, -0.2) is 9.78 Å². The van der Waals surface area contributed by atoms with E-state index in [-0.39, 0.29) is 0 Å². The molecule has 0 atom stereocenters. The molecule has 0 aliphatic carbocycles. The molecule has 158 valence electrons. The van der Waals surface area contributed by atoms with Crippen LogP contribution in [0.1, 0.15) is 43.2 Å². The predicted molar refractivity (Wildman–Crippen MR) is 118 cm³/mol. The van der Waals surface area contributed by atoms with E-state index in [1.165, 1.54) is 0 Å². The molecule has 8 heteroatoms. The zero-order chi connectivity index (χ0) is 21.9. The highest BCUT2D eigenvalue weighted by molar-refractivity contribution is 5.89. The Balaban J connectivity index is 1.61. The number of amides is 1. The number of nitrogen functional groups attached to an aromatic ring is 1. The minimum Gasteiger partial charge on any atom is -0.444 e. The fourth-order valence-electron chi connectivity index (χ4n) is 3.03. The molecule has 0 saturated carbocycles. The molecule has 2 heterocycles. The quantitative estimate of drug-likeness (QED) is 0.587. The van der Waals surface area contributed by atoms with Crippen molar-refractivity contribution in [3.8, 4) is 0 Å². The lowest BCUT2D eigenvalue weighted by atomic mass is 10.1. The van der Waals surface area contributed by atoms with Gasteiger partial charge in [0.05, 0.1) is 5.39 Å². The van der Waals surface area contributed by atoms with Crippen LogP contribution in [0.15, 0.2) is 30.3 Å². The number of ether oxygens (including phenoxy) is 1. The van der Waals surface area contributed by atoms with Gasteiger partial charge in [0.2, 0.25) is 5.95 Å². The zero-order valence-electron chi connectivity index (χ0n) is 18.0. The molecule has 2 aromatic heterocycles. The average molecular weight is 409 g/mol. The second-order valence-corrected chi connectivity index (χ2v) is 8.24. The molecule has 0 aliphatic heterocycles. The third-order valence-corrected chi connectivity index (χ3v) is 4.33. The molecular weight excluding hydrogens is 380 g/mol. The van der Waals surface area contributed by atoms with Gasteiger partial charge in [-0.15, -0.1) is 0 Å². The van der Waals surface area contributed by atoms with Crippen LogP contribution in [-0.4, -0.2) is 26.6 Å². The summed E-state index contributed by atoms with van der Waals surface area (Å²) in [7, 11) is 0. The van der Waals surface area contributed by atoms with Crippen molar-refractivity contribution < 1.29 is 9.53 Å². The predicted octanol–water partition coefficient (Wildman–Crippen LogP) is 3.86. The first-order valence-electron chi connectivity index (χ1n) is 9.81. The van der Waals surface area contributed by atoms with Crippen molar-refractivity contribution >= 4 is 28.9 Å². The first-order chi connectivity index (χ1) is 14.1. The molecule has 1 amide bonds. The highest BCUT2D eigenvalue weighted by Crippen LogP contribution is 2.22. The number of fused-ring (bicyclic) bond motifs is 1. The van der Waals surface area contributed by atoms with Gasteiger partial charge in [0, 0.05) is 18.8 Å². The van der Waals surface area contributed by atoms with Crippen molar-refractivity contribution in [1.29, 1.82) is 0 Å². The number of hydrogen-bond donors (Lipinski definition) is 3. The van der Waals surface area contributed by atoms with E-state index in [1.807, 2.05) is 65.0 Å². The number of benzene rings is 1. The summed E-state index contributed by atoms with van der Waals surface area (Å²) in [5, 5.41) is 6.73. The summed E-state index contributed by atoms with van der Waals surface area (Å²) in [5.74, 6) is 0.851. The van der Waals surface area contributed by atoms with Crippen LogP contribution in [0.4, 0.5) is 16.6 Å². The summed E-state index contributed by atoms with van der Waals surface area (Å²) >= 11 is 0. The molecular formula is C22H28N6O2. The number of aromatic nitrogens is 3. The van der Waals surface area contributed by atoms with Crippen molar-refractivity contribution in [3.63, 3.8) is 0 Å². The van der Waals surface area contributed by atoms with Crippen LogP contribution in [0.25, 0.3) is 11.0 Å². The van der Waals surface area contributed by atoms with Crippen LogP contribution in [-0.2, 0) is 17.8 Å². The topological polar surface area (TPSA) is 115 Å². The standard InChI is InChI=1S/C22H28N6O2/c1-13-10-14(2)26-19-17(13)18(23)27-20(28-19)24-11-15-6-8-16(9-7-15)12-25-21(29)30-22(3,4)5/h6-10H,11-12H2,1-5H3,(H,25,29)(H3,23,24,26,27,28). The van der Waals surface area contributed by atoms with Gasteiger partial charge < -0.3 is 21.1 Å². The van der Waals surface area contributed by atoms with Crippen molar-refractivity contribution in [3.05, 3.63) is 52.7 Å². The van der Waals surface area contributed by atoms with E-state index in [2.05, 4.69) is 25.6 Å². The Hall–Kier alpha value is -3.42. The van der Waals surface area contributed by atoms with E-state index in [0.717, 1.165) is 27.8 Å². The second-order valence-electron chi connectivity index (χ2n) is 8.24.